The van der Waals surface area contributed by atoms with Crippen LogP contribution in [0.1, 0.15) is 35.2 Å². The molecule has 1 aliphatic rings. The summed E-state index contributed by atoms with van der Waals surface area (Å²) in [7, 11) is 0. The zero-order valence-electron chi connectivity index (χ0n) is 14.5. The highest BCUT2D eigenvalue weighted by Gasteiger charge is 2.28. The first kappa shape index (κ1) is 17.0. The summed E-state index contributed by atoms with van der Waals surface area (Å²) in [4.78, 5) is 11.9. The van der Waals surface area contributed by atoms with Crippen molar-refractivity contribution in [2.45, 2.75) is 31.5 Å². The Hall–Kier alpha value is -3.40. The van der Waals surface area contributed by atoms with Gasteiger partial charge < -0.3 is 11.1 Å². The molecule has 1 saturated carbocycles. The number of nitriles is 1. The number of amides is 1. The number of hydrogen-bond donors (Lipinski definition) is 2. The fraction of sp³-hybridized carbons (Fsp3) is 0.250. The van der Waals surface area contributed by atoms with E-state index in [1.165, 1.54) is 6.20 Å². The number of rotatable bonds is 4. The third-order valence-electron chi connectivity index (χ3n) is 4.99. The summed E-state index contributed by atoms with van der Waals surface area (Å²) in [5.41, 5.74) is 9.13. The smallest absolute Gasteiger partial charge is 0.252 e. The van der Waals surface area contributed by atoms with E-state index >= 15 is 0 Å². The molecule has 0 bridgehead atoms. The Kier molecular flexibility index (Phi) is 4.24. The van der Waals surface area contributed by atoms with Gasteiger partial charge in [0, 0.05) is 11.8 Å². The first-order valence-corrected chi connectivity index (χ1v) is 8.79. The van der Waals surface area contributed by atoms with Crippen molar-refractivity contribution in [1.82, 2.24) is 9.61 Å². The van der Waals surface area contributed by atoms with Crippen LogP contribution in [0.2, 0.25) is 0 Å². The van der Waals surface area contributed by atoms with Crippen LogP contribution in [0.5, 0.6) is 0 Å². The minimum absolute atomic E-state index is 0.233. The fourth-order valence-electron chi connectivity index (χ4n) is 3.58. The van der Waals surface area contributed by atoms with Crippen LogP contribution in [-0.4, -0.2) is 27.7 Å². The van der Waals surface area contributed by atoms with Crippen LogP contribution in [0.15, 0.2) is 42.7 Å². The van der Waals surface area contributed by atoms with Gasteiger partial charge in [-0.15, -0.1) is 0 Å². The van der Waals surface area contributed by atoms with Crippen molar-refractivity contribution in [3.8, 4) is 17.2 Å². The molecule has 7 heteroatoms. The minimum atomic E-state index is -0.958. The van der Waals surface area contributed by atoms with Gasteiger partial charge in [-0.1, -0.05) is 12.1 Å². The lowest BCUT2D eigenvalue weighted by atomic mass is 10.1. The highest BCUT2D eigenvalue weighted by atomic mass is 19.1. The van der Waals surface area contributed by atoms with E-state index in [1.54, 1.807) is 16.6 Å². The van der Waals surface area contributed by atoms with E-state index in [-0.39, 0.29) is 11.6 Å². The summed E-state index contributed by atoms with van der Waals surface area (Å²) in [5, 5.41) is 16.6. The Morgan fingerprint density at radius 1 is 1.33 bits per heavy atom. The first-order valence-electron chi connectivity index (χ1n) is 8.79. The molecule has 0 aliphatic heterocycles. The lowest BCUT2D eigenvalue weighted by Gasteiger charge is -2.19. The number of alkyl halides is 1. The number of carbonyl (C=O) groups is 1. The van der Waals surface area contributed by atoms with Crippen molar-refractivity contribution < 1.29 is 9.18 Å². The van der Waals surface area contributed by atoms with E-state index in [9.17, 15) is 9.18 Å². The fourth-order valence-corrected chi connectivity index (χ4v) is 3.58. The molecule has 3 N–H and O–H groups in total. The molecule has 1 amide bonds. The summed E-state index contributed by atoms with van der Waals surface area (Å²) in [6, 6.07) is 10.9. The monoisotopic (exact) mass is 363 g/mol. The Morgan fingerprint density at radius 3 is 2.89 bits per heavy atom. The molecule has 2 atom stereocenters. The SMILES string of the molecule is N#Cc1cccc(-c2cc3c(N[C@@H]4CCC[C@@H]4F)c(C(N)=O)cnn3c2)c1. The Bertz CT molecular complexity index is 1070. The molecule has 6 nitrogen and oxygen atoms in total. The van der Waals surface area contributed by atoms with Gasteiger partial charge in [0.05, 0.1) is 40.6 Å². The van der Waals surface area contributed by atoms with Crippen LogP contribution in [0.4, 0.5) is 10.1 Å². The first-order chi connectivity index (χ1) is 13.1. The number of carbonyl (C=O) groups excluding carboxylic acids is 1. The Balaban J connectivity index is 1.83. The second kappa shape index (κ2) is 6.72. The molecule has 1 aliphatic carbocycles. The third-order valence-corrected chi connectivity index (χ3v) is 4.99. The average molecular weight is 363 g/mol. The normalized spacial score (nSPS) is 19.1. The predicted octanol–water partition coefficient (Wildman–Crippen LogP) is 3.27. The number of fused-ring (bicyclic) bond motifs is 1. The Labute approximate surface area is 155 Å². The van der Waals surface area contributed by atoms with Gasteiger partial charge in [-0.3, -0.25) is 4.79 Å². The molecule has 2 aromatic heterocycles. The molecule has 3 aromatic rings. The van der Waals surface area contributed by atoms with Crippen LogP contribution >= 0.6 is 0 Å². The van der Waals surface area contributed by atoms with Crippen molar-refractivity contribution in [3.63, 3.8) is 0 Å². The van der Waals surface area contributed by atoms with Gasteiger partial charge in [-0.2, -0.15) is 10.4 Å². The Morgan fingerprint density at radius 2 is 2.19 bits per heavy atom. The van der Waals surface area contributed by atoms with Crippen LogP contribution in [0.3, 0.4) is 0 Å². The molecular formula is C20H18FN5O. The molecule has 4 rings (SSSR count). The summed E-state index contributed by atoms with van der Waals surface area (Å²) < 4.78 is 15.8. The second-order valence-electron chi connectivity index (χ2n) is 6.75. The van der Waals surface area contributed by atoms with E-state index in [0.29, 0.717) is 29.6 Å². The molecule has 1 fully saturated rings. The van der Waals surface area contributed by atoms with Gasteiger partial charge in [-0.25, -0.2) is 8.91 Å². The molecular weight excluding hydrogens is 345 g/mol. The van der Waals surface area contributed by atoms with Gasteiger partial charge >= 0.3 is 0 Å². The quantitative estimate of drug-likeness (QED) is 0.743. The summed E-state index contributed by atoms with van der Waals surface area (Å²) in [6.07, 6.45) is 4.27. The maximum Gasteiger partial charge on any atom is 0.252 e. The van der Waals surface area contributed by atoms with Crippen LogP contribution in [0, 0.1) is 11.3 Å². The summed E-state index contributed by atoms with van der Waals surface area (Å²) >= 11 is 0. The number of anilines is 1. The highest BCUT2D eigenvalue weighted by Crippen LogP contribution is 2.32. The van der Waals surface area contributed by atoms with E-state index in [1.807, 2.05) is 24.4 Å². The zero-order chi connectivity index (χ0) is 19.0. The van der Waals surface area contributed by atoms with Gasteiger partial charge in [-0.05, 0) is 43.0 Å². The minimum Gasteiger partial charge on any atom is -0.377 e. The van der Waals surface area contributed by atoms with Gasteiger partial charge in [0.1, 0.15) is 6.17 Å². The molecule has 0 spiro atoms. The van der Waals surface area contributed by atoms with Crippen molar-refractivity contribution in [2.75, 3.05) is 5.32 Å². The molecule has 136 valence electrons. The molecule has 0 saturated heterocycles. The van der Waals surface area contributed by atoms with Crippen LogP contribution in [-0.2, 0) is 0 Å². The summed E-state index contributed by atoms with van der Waals surface area (Å²) in [6.45, 7) is 0. The van der Waals surface area contributed by atoms with E-state index in [4.69, 9.17) is 11.0 Å². The average Bonchev–Trinajstić information content (AvgIpc) is 3.28. The number of nitrogens with one attached hydrogen (secondary N) is 1. The molecule has 27 heavy (non-hydrogen) atoms. The molecule has 0 radical (unpaired) electrons. The van der Waals surface area contributed by atoms with Gasteiger partial charge in [0.25, 0.3) is 5.91 Å². The largest absolute Gasteiger partial charge is 0.377 e. The second-order valence-corrected chi connectivity index (χ2v) is 6.75. The maximum absolute atomic E-state index is 14.1. The van der Waals surface area contributed by atoms with Crippen molar-refractivity contribution >= 4 is 17.1 Å². The number of benzene rings is 1. The van der Waals surface area contributed by atoms with Gasteiger partial charge in [0.2, 0.25) is 0 Å². The lowest BCUT2D eigenvalue weighted by molar-refractivity contribution is 0.100. The highest BCUT2D eigenvalue weighted by molar-refractivity contribution is 6.02. The van der Waals surface area contributed by atoms with E-state index < -0.39 is 12.1 Å². The summed E-state index contributed by atoms with van der Waals surface area (Å²) in [5.74, 6) is -0.616. The number of nitrogens with two attached hydrogens (primary N) is 1. The predicted molar refractivity (Wildman–Crippen MR) is 100 cm³/mol. The number of nitrogens with zero attached hydrogens (tertiary/aromatic N) is 3. The van der Waals surface area contributed by atoms with Crippen molar-refractivity contribution in [3.05, 3.63) is 53.9 Å². The maximum atomic E-state index is 14.1. The number of halogens is 1. The topological polar surface area (TPSA) is 96.2 Å². The van der Waals surface area contributed by atoms with E-state index in [2.05, 4.69) is 16.5 Å². The molecule has 2 heterocycles. The zero-order valence-corrected chi connectivity index (χ0v) is 14.5. The van der Waals surface area contributed by atoms with Gasteiger partial charge in [0.15, 0.2) is 0 Å². The standard InChI is InChI=1S/C20H18FN5O/c21-16-5-2-6-17(16)25-19-15(20(23)27)10-24-26-11-14(8-18(19)26)13-4-1-3-12(7-13)9-22/h1,3-4,7-8,10-11,16-17,25H,2,5-6H2,(H2,23,27)/t16-,17+/m0/s1. The third kappa shape index (κ3) is 3.10. The van der Waals surface area contributed by atoms with Crippen LogP contribution in [0.25, 0.3) is 16.6 Å². The number of hydrogen-bond acceptors (Lipinski definition) is 4. The molecule has 0 unspecified atom stereocenters. The van der Waals surface area contributed by atoms with Crippen molar-refractivity contribution in [2.24, 2.45) is 5.73 Å². The number of primary amides is 1. The van der Waals surface area contributed by atoms with Crippen molar-refractivity contribution in [1.29, 1.82) is 5.26 Å². The lowest BCUT2D eigenvalue weighted by Crippen LogP contribution is -2.27. The number of aromatic nitrogens is 2. The van der Waals surface area contributed by atoms with E-state index in [0.717, 1.165) is 17.5 Å². The molecule has 1 aromatic carbocycles. The van der Waals surface area contributed by atoms with Crippen LogP contribution < -0.4 is 11.1 Å².